The van der Waals surface area contributed by atoms with E-state index < -0.39 is 9.84 Å². The highest BCUT2D eigenvalue weighted by molar-refractivity contribution is 14.0. The van der Waals surface area contributed by atoms with Crippen LogP contribution < -0.4 is 10.6 Å². The number of aliphatic imine (C=N–C) groups is 1. The maximum absolute atomic E-state index is 11.7. The van der Waals surface area contributed by atoms with E-state index in [2.05, 4.69) is 34.4 Å². The Morgan fingerprint density at radius 1 is 1.11 bits per heavy atom. The highest BCUT2D eigenvalue weighted by atomic mass is 127. The molecular formula is C20H37IN4O2S. The third kappa shape index (κ3) is 10.1. The second-order valence-electron chi connectivity index (χ2n) is 6.92. The van der Waals surface area contributed by atoms with Gasteiger partial charge in [0, 0.05) is 26.4 Å². The van der Waals surface area contributed by atoms with Crippen molar-refractivity contribution in [3.8, 4) is 0 Å². The Kier molecular flexibility index (Phi) is 13.7. The van der Waals surface area contributed by atoms with Crippen LogP contribution >= 0.6 is 24.0 Å². The number of aryl methyl sites for hydroxylation is 1. The Hall–Kier alpha value is -0.870. The molecule has 1 rings (SSSR count). The first-order valence-corrected chi connectivity index (χ1v) is 11.7. The molecule has 8 heteroatoms. The van der Waals surface area contributed by atoms with E-state index in [1.807, 2.05) is 19.1 Å². The summed E-state index contributed by atoms with van der Waals surface area (Å²) < 4.78 is 23.4. The molecular weight excluding hydrogens is 487 g/mol. The quantitative estimate of drug-likeness (QED) is 0.201. The van der Waals surface area contributed by atoms with Gasteiger partial charge in [-0.2, -0.15) is 0 Å². The molecule has 0 bridgehead atoms. The largest absolute Gasteiger partial charge is 0.356 e. The summed E-state index contributed by atoms with van der Waals surface area (Å²) >= 11 is 0. The molecule has 1 aromatic rings. The first-order valence-electron chi connectivity index (χ1n) is 9.78. The Labute approximate surface area is 188 Å². The third-order valence-corrected chi connectivity index (χ3v) is 5.60. The molecule has 0 aliphatic heterocycles. The van der Waals surface area contributed by atoms with Crippen molar-refractivity contribution in [2.75, 3.05) is 39.5 Å². The average molecular weight is 525 g/mol. The normalized spacial score (nSPS) is 12.0. The lowest BCUT2D eigenvalue weighted by Crippen LogP contribution is -2.38. The van der Waals surface area contributed by atoms with Gasteiger partial charge in [-0.05, 0) is 63.0 Å². The van der Waals surface area contributed by atoms with E-state index in [1.165, 1.54) is 19.1 Å². The van der Waals surface area contributed by atoms with E-state index in [-0.39, 0.29) is 24.0 Å². The van der Waals surface area contributed by atoms with Crippen molar-refractivity contribution in [1.82, 2.24) is 15.5 Å². The van der Waals surface area contributed by atoms with Crippen molar-refractivity contribution in [2.45, 2.75) is 51.5 Å². The van der Waals surface area contributed by atoms with Crippen LogP contribution in [0, 0.1) is 6.92 Å². The van der Waals surface area contributed by atoms with Crippen molar-refractivity contribution in [3.63, 3.8) is 0 Å². The summed E-state index contributed by atoms with van der Waals surface area (Å²) in [5.41, 5.74) is 1.80. The van der Waals surface area contributed by atoms with Crippen LogP contribution in [0.3, 0.4) is 0 Å². The zero-order valence-corrected chi connectivity index (χ0v) is 21.1. The maximum atomic E-state index is 11.7. The molecule has 6 nitrogen and oxygen atoms in total. The van der Waals surface area contributed by atoms with Crippen LogP contribution in [0.1, 0.15) is 44.2 Å². The second kappa shape index (κ2) is 14.2. The van der Waals surface area contributed by atoms with Crippen LogP contribution in [0.25, 0.3) is 0 Å². The van der Waals surface area contributed by atoms with Gasteiger partial charge in [0.05, 0.1) is 4.90 Å². The molecule has 0 aliphatic carbocycles. The number of halogens is 1. The van der Waals surface area contributed by atoms with Gasteiger partial charge in [0.1, 0.15) is 0 Å². The van der Waals surface area contributed by atoms with Gasteiger partial charge in [-0.25, -0.2) is 8.42 Å². The fraction of sp³-hybridized carbons (Fsp3) is 0.650. The summed E-state index contributed by atoms with van der Waals surface area (Å²) in [5.74, 6) is 0.761. The van der Waals surface area contributed by atoms with Crippen LogP contribution in [-0.4, -0.2) is 58.8 Å². The molecule has 0 amide bonds. The second-order valence-corrected chi connectivity index (χ2v) is 8.90. The number of hydrogen-bond acceptors (Lipinski definition) is 4. The zero-order valence-electron chi connectivity index (χ0n) is 17.9. The fourth-order valence-corrected chi connectivity index (χ4v) is 4.08. The van der Waals surface area contributed by atoms with Crippen LogP contribution in [0.15, 0.2) is 28.1 Å². The van der Waals surface area contributed by atoms with Gasteiger partial charge in [-0.1, -0.05) is 26.0 Å². The van der Waals surface area contributed by atoms with E-state index in [1.54, 1.807) is 13.1 Å². The van der Waals surface area contributed by atoms with E-state index in [0.717, 1.165) is 49.7 Å². The molecule has 0 unspecified atom stereocenters. The molecule has 0 fully saturated rings. The first-order chi connectivity index (χ1) is 12.8. The number of sulfone groups is 1. The molecule has 0 saturated carbocycles. The van der Waals surface area contributed by atoms with E-state index >= 15 is 0 Å². The maximum Gasteiger partial charge on any atom is 0.191 e. The SMILES string of the molecule is CCCN(CCC)CCCNC(=NC)NCc1ccc(S(C)(=O)=O)c(C)c1.I. The fourth-order valence-electron chi connectivity index (χ4n) is 3.12. The predicted molar refractivity (Wildman–Crippen MR) is 130 cm³/mol. The Morgan fingerprint density at radius 3 is 2.25 bits per heavy atom. The topological polar surface area (TPSA) is 73.8 Å². The van der Waals surface area contributed by atoms with Crippen LogP contribution in [0.2, 0.25) is 0 Å². The van der Waals surface area contributed by atoms with Crippen molar-refractivity contribution in [1.29, 1.82) is 0 Å². The summed E-state index contributed by atoms with van der Waals surface area (Å²) in [6.07, 6.45) is 4.69. The van der Waals surface area contributed by atoms with Gasteiger partial charge in [0.25, 0.3) is 0 Å². The van der Waals surface area contributed by atoms with E-state index in [0.29, 0.717) is 11.4 Å². The number of benzene rings is 1. The molecule has 0 saturated heterocycles. The molecule has 28 heavy (non-hydrogen) atoms. The molecule has 0 spiro atoms. The first kappa shape index (κ1) is 27.1. The monoisotopic (exact) mass is 524 g/mol. The summed E-state index contributed by atoms with van der Waals surface area (Å²) in [7, 11) is -1.42. The number of hydrogen-bond donors (Lipinski definition) is 2. The highest BCUT2D eigenvalue weighted by Crippen LogP contribution is 2.16. The Bertz CT molecular complexity index is 702. The van der Waals surface area contributed by atoms with E-state index in [9.17, 15) is 8.42 Å². The molecule has 2 N–H and O–H groups in total. The van der Waals surface area contributed by atoms with Crippen LogP contribution in [0.5, 0.6) is 0 Å². The van der Waals surface area contributed by atoms with Gasteiger partial charge in [0.2, 0.25) is 0 Å². The smallest absolute Gasteiger partial charge is 0.191 e. The summed E-state index contributed by atoms with van der Waals surface area (Å²) in [5, 5.41) is 6.63. The molecule has 0 radical (unpaired) electrons. The number of guanidine groups is 1. The highest BCUT2D eigenvalue weighted by Gasteiger charge is 2.11. The van der Waals surface area contributed by atoms with Gasteiger partial charge in [-0.15, -0.1) is 24.0 Å². The number of nitrogens with zero attached hydrogens (tertiary/aromatic N) is 2. The number of rotatable bonds is 11. The van der Waals surface area contributed by atoms with Crippen molar-refractivity contribution >= 4 is 39.8 Å². The molecule has 162 valence electrons. The molecule has 0 aromatic heterocycles. The van der Waals surface area contributed by atoms with Crippen molar-refractivity contribution in [3.05, 3.63) is 29.3 Å². The molecule has 0 aliphatic rings. The lowest BCUT2D eigenvalue weighted by molar-refractivity contribution is 0.271. The van der Waals surface area contributed by atoms with Gasteiger partial charge in [0.15, 0.2) is 15.8 Å². The van der Waals surface area contributed by atoms with Gasteiger partial charge >= 0.3 is 0 Å². The average Bonchev–Trinajstić information content (AvgIpc) is 2.60. The minimum atomic E-state index is -3.18. The molecule has 0 atom stereocenters. The lowest BCUT2D eigenvalue weighted by atomic mass is 10.1. The summed E-state index contributed by atoms with van der Waals surface area (Å²) in [6.45, 7) is 11.1. The Morgan fingerprint density at radius 2 is 1.75 bits per heavy atom. The van der Waals surface area contributed by atoms with Gasteiger partial charge < -0.3 is 15.5 Å². The number of nitrogens with one attached hydrogen (secondary N) is 2. The van der Waals surface area contributed by atoms with Crippen LogP contribution in [-0.2, 0) is 16.4 Å². The molecule has 0 heterocycles. The zero-order chi connectivity index (χ0) is 20.3. The summed E-state index contributed by atoms with van der Waals surface area (Å²) in [4.78, 5) is 7.15. The third-order valence-electron chi connectivity index (χ3n) is 4.35. The lowest BCUT2D eigenvalue weighted by Gasteiger charge is -2.21. The predicted octanol–water partition coefficient (Wildman–Crippen LogP) is 3.19. The van der Waals surface area contributed by atoms with E-state index in [4.69, 9.17) is 0 Å². The van der Waals surface area contributed by atoms with Gasteiger partial charge in [-0.3, -0.25) is 4.99 Å². The summed E-state index contributed by atoms with van der Waals surface area (Å²) in [6, 6.07) is 5.43. The minimum Gasteiger partial charge on any atom is -0.356 e. The molecule has 1 aromatic carbocycles. The van der Waals surface area contributed by atoms with Crippen LogP contribution in [0.4, 0.5) is 0 Å². The minimum absolute atomic E-state index is 0. The standard InChI is InChI=1S/C20H36N4O2S.HI/c1-6-12-24(13-7-2)14-8-11-22-20(21-4)23-16-18-9-10-19(17(3)15-18)27(5,25)26;/h9-10,15H,6-8,11-14,16H2,1-5H3,(H2,21,22,23);1H. The van der Waals surface area contributed by atoms with Crippen molar-refractivity contribution in [2.24, 2.45) is 4.99 Å². The Balaban J connectivity index is 0.00000729. The van der Waals surface area contributed by atoms with Crippen molar-refractivity contribution < 1.29 is 8.42 Å².